The van der Waals surface area contributed by atoms with Gasteiger partial charge in [-0.1, -0.05) is 13.8 Å². The average molecular weight is 246 g/mol. The summed E-state index contributed by atoms with van der Waals surface area (Å²) < 4.78 is 1.34. The molecule has 0 radical (unpaired) electrons. The van der Waals surface area contributed by atoms with Crippen LogP contribution in [0.15, 0.2) is 0 Å². The first-order valence-corrected chi connectivity index (χ1v) is 5.89. The van der Waals surface area contributed by atoms with Crippen molar-refractivity contribution in [2.24, 2.45) is 0 Å². The number of rotatable bonds is 6. The molecule has 6 heteroatoms. The highest BCUT2D eigenvalue weighted by Crippen LogP contribution is 2.22. The molecule has 0 heterocycles. The Bertz CT molecular complexity index is 130. The second-order valence-electron chi connectivity index (χ2n) is 2.21. The Morgan fingerprint density at radius 3 is 1.85 bits per heavy atom. The van der Waals surface area contributed by atoms with Gasteiger partial charge in [-0.3, -0.25) is 0 Å². The van der Waals surface area contributed by atoms with E-state index in [-0.39, 0.29) is 12.4 Å². The molecular formula is C7H16ClNO2S2. The average Bonchev–Trinajstić information content (AvgIpc) is 2.04. The molecule has 0 aliphatic rings. The Morgan fingerprint density at radius 2 is 1.62 bits per heavy atom. The van der Waals surface area contributed by atoms with Crippen molar-refractivity contribution in [3.63, 3.8) is 0 Å². The molecule has 13 heavy (non-hydrogen) atoms. The molecule has 0 bridgehead atoms. The quantitative estimate of drug-likeness (QED) is 0.727. The van der Waals surface area contributed by atoms with Gasteiger partial charge in [0, 0.05) is 11.5 Å². The Hall–Kier alpha value is 0.260. The second-order valence-corrected chi connectivity index (χ2v) is 4.50. The number of hydrogen-bond acceptors (Lipinski definition) is 3. The molecule has 0 spiro atoms. The van der Waals surface area contributed by atoms with E-state index in [1.54, 1.807) is 0 Å². The van der Waals surface area contributed by atoms with Crippen LogP contribution in [0.3, 0.4) is 0 Å². The van der Waals surface area contributed by atoms with Gasteiger partial charge in [0.1, 0.15) is 0 Å². The molecule has 80 valence electrons. The SMILES string of the molecule is CCCSN(SCCC)C(=O)O.Cl. The number of halogens is 1. The van der Waals surface area contributed by atoms with Crippen LogP contribution >= 0.6 is 36.3 Å². The summed E-state index contributed by atoms with van der Waals surface area (Å²) in [5.74, 6) is 1.73. The van der Waals surface area contributed by atoms with Crippen LogP contribution in [0.25, 0.3) is 0 Å². The zero-order valence-corrected chi connectivity index (χ0v) is 10.3. The predicted octanol–water partition coefficient (Wildman–Crippen LogP) is 3.50. The smallest absolute Gasteiger partial charge is 0.427 e. The van der Waals surface area contributed by atoms with E-state index in [4.69, 9.17) is 5.11 Å². The lowest BCUT2D eigenvalue weighted by Gasteiger charge is -2.14. The highest BCUT2D eigenvalue weighted by Gasteiger charge is 2.11. The minimum atomic E-state index is -0.855. The zero-order chi connectivity index (χ0) is 9.40. The van der Waals surface area contributed by atoms with E-state index in [0.29, 0.717) is 0 Å². The third-order valence-corrected chi connectivity index (χ3v) is 3.58. The fraction of sp³-hybridized carbons (Fsp3) is 0.857. The lowest BCUT2D eigenvalue weighted by atomic mass is 10.6. The van der Waals surface area contributed by atoms with Crippen LogP contribution < -0.4 is 0 Å². The van der Waals surface area contributed by atoms with Crippen molar-refractivity contribution in [3.8, 4) is 0 Å². The van der Waals surface area contributed by atoms with Gasteiger partial charge in [0.15, 0.2) is 0 Å². The molecule has 0 saturated heterocycles. The van der Waals surface area contributed by atoms with Crippen molar-refractivity contribution >= 4 is 42.4 Å². The van der Waals surface area contributed by atoms with Crippen LogP contribution in [0.4, 0.5) is 4.79 Å². The molecule has 0 aromatic heterocycles. The van der Waals surface area contributed by atoms with Crippen molar-refractivity contribution in [3.05, 3.63) is 0 Å². The normalized spacial score (nSPS) is 9.08. The van der Waals surface area contributed by atoms with Crippen molar-refractivity contribution in [2.45, 2.75) is 26.7 Å². The molecular weight excluding hydrogens is 230 g/mol. The fourth-order valence-electron chi connectivity index (χ4n) is 0.496. The van der Waals surface area contributed by atoms with E-state index in [9.17, 15) is 4.79 Å². The molecule has 0 aromatic rings. The Labute approximate surface area is 94.3 Å². The van der Waals surface area contributed by atoms with Gasteiger partial charge in [-0.25, -0.2) is 4.79 Å². The van der Waals surface area contributed by atoms with Crippen LogP contribution in [0.5, 0.6) is 0 Å². The summed E-state index contributed by atoms with van der Waals surface area (Å²) in [6.07, 6.45) is 1.15. The standard InChI is InChI=1S/C7H15NO2S2.ClH/c1-3-5-11-8(7(9)10)12-6-4-2;/h3-6H2,1-2H3,(H,9,10);1H. The number of carboxylic acid groups (broad SMARTS) is 1. The monoisotopic (exact) mass is 245 g/mol. The first-order chi connectivity index (χ1) is 5.72. The van der Waals surface area contributed by atoms with Gasteiger partial charge in [-0.05, 0) is 36.7 Å². The topological polar surface area (TPSA) is 40.5 Å². The maximum absolute atomic E-state index is 10.6. The maximum atomic E-state index is 10.6. The summed E-state index contributed by atoms with van der Waals surface area (Å²) >= 11 is 2.73. The summed E-state index contributed by atoms with van der Waals surface area (Å²) in [7, 11) is 0. The second kappa shape index (κ2) is 10.3. The fourth-order valence-corrected chi connectivity index (χ4v) is 2.16. The molecule has 1 N–H and O–H groups in total. The number of nitrogens with zero attached hydrogens (tertiary/aromatic N) is 1. The Balaban J connectivity index is 0. The van der Waals surface area contributed by atoms with Crippen LogP contribution in [-0.2, 0) is 0 Å². The van der Waals surface area contributed by atoms with E-state index in [1.165, 1.54) is 27.6 Å². The maximum Gasteiger partial charge on any atom is 0.427 e. The first-order valence-electron chi connectivity index (χ1n) is 4.01. The highest BCUT2D eigenvalue weighted by atomic mass is 35.5. The van der Waals surface area contributed by atoms with E-state index >= 15 is 0 Å². The van der Waals surface area contributed by atoms with Gasteiger partial charge in [0.25, 0.3) is 0 Å². The molecule has 0 aromatic carbocycles. The lowest BCUT2D eigenvalue weighted by Crippen LogP contribution is -2.15. The van der Waals surface area contributed by atoms with Gasteiger partial charge in [-0.2, -0.15) is 3.71 Å². The number of amides is 1. The molecule has 0 aliphatic heterocycles. The van der Waals surface area contributed by atoms with Crippen molar-refractivity contribution in [1.29, 1.82) is 0 Å². The summed E-state index contributed by atoms with van der Waals surface area (Å²) in [4.78, 5) is 10.6. The van der Waals surface area contributed by atoms with Crippen molar-refractivity contribution < 1.29 is 9.90 Å². The number of hydrogen-bond donors (Lipinski definition) is 1. The van der Waals surface area contributed by atoms with Gasteiger partial charge in [0.05, 0.1) is 0 Å². The molecule has 0 saturated carbocycles. The Morgan fingerprint density at radius 1 is 1.23 bits per heavy atom. The van der Waals surface area contributed by atoms with E-state index in [0.717, 1.165) is 24.3 Å². The molecule has 0 rings (SSSR count). The Kier molecular flexibility index (Phi) is 12.5. The molecule has 0 aliphatic carbocycles. The molecule has 0 atom stereocenters. The molecule has 3 nitrogen and oxygen atoms in total. The van der Waals surface area contributed by atoms with E-state index in [1.807, 2.05) is 13.8 Å². The third-order valence-electron chi connectivity index (χ3n) is 0.982. The zero-order valence-electron chi connectivity index (χ0n) is 7.86. The molecule has 0 unspecified atom stereocenters. The van der Waals surface area contributed by atoms with Crippen LogP contribution in [-0.4, -0.2) is 26.4 Å². The van der Waals surface area contributed by atoms with Gasteiger partial charge in [0.2, 0.25) is 0 Å². The molecule has 0 fully saturated rings. The summed E-state index contributed by atoms with van der Waals surface area (Å²) in [6.45, 7) is 4.08. The minimum absolute atomic E-state index is 0. The van der Waals surface area contributed by atoms with E-state index < -0.39 is 6.09 Å². The highest BCUT2D eigenvalue weighted by molar-refractivity contribution is 8.12. The number of carbonyl (C=O) groups is 1. The lowest BCUT2D eigenvalue weighted by molar-refractivity contribution is 0.191. The first kappa shape index (κ1) is 15.7. The summed E-state index contributed by atoms with van der Waals surface area (Å²) in [5, 5.41) is 8.71. The van der Waals surface area contributed by atoms with Gasteiger partial charge >= 0.3 is 6.09 Å². The molecule has 1 amide bonds. The van der Waals surface area contributed by atoms with Crippen LogP contribution in [0, 0.1) is 0 Å². The van der Waals surface area contributed by atoms with Gasteiger partial charge in [-0.15, -0.1) is 12.4 Å². The third kappa shape index (κ3) is 8.59. The largest absolute Gasteiger partial charge is 0.464 e. The van der Waals surface area contributed by atoms with Crippen molar-refractivity contribution in [1.82, 2.24) is 3.71 Å². The summed E-state index contributed by atoms with van der Waals surface area (Å²) in [6, 6.07) is 0. The van der Waals surface area contributed by atoms with Crippen LogP contribution in [0.1, 0.15) is 26.7 Å². The van der Waals surface area contributed by atoms with E-state index in [2.05, 4.69) is 0 Å². The van der Waals surface area contributed by atoms with Gasteiger partial charge < -0.3 is 5.11 Å². The van der Waals surface area contributed by atoms with Crippen molar-refractivity contribution in [2.75, 3.05) is 11.5 Å². The minimum Gasteiger partial charge on any atom is -0.464 e. The summed E-state index contributed by atoms with van der Waals surface area (Å²) in [5.41, 5.74) is 0. The van der Waals surface area contributed by atoms with Crippen LogP contribution in [0.2, 0.25) is 0 Å². The predicted molar refractivity (Wildman–Crippen MR) is 62.6 cm³/mol.